The molecule has 0 aliphatic carbocycles. The van der Waals surface area contributed by atoms with E-state index in [0.717, 1.165) is 6.42 Å². The van der Waals surface area contributed by atoms with Crippen molar-refractivity contribution in [3.8, 4) is 0 Å². The molecule has 2 rings (SSSR count). The highest BCUT2D eigenvalue weighted by Crippen LogP contribution is 2.24. The van der Waals surface area contributed by atoms with Crippen molar-refractivity contribution in [1.82, 2.24) is 14.6 Å². The van der Waals surface area contributed by atoms with E-state index in [1.807, 2.05) is 6.92 Å². The predicted octanol–water partition coefficient (Wildman–Crippen LogP) is -0.118. The summed E-state index contributed by atoms with van der Waals surface area (Å²) in [6, 6.07) is 3.16. The Kier molecular flexibility index (Phi) is 7.25. The third kappa shape index (κ3) is 5.14. The maximum atomic E-state index is 13.2. The first-order valence-corrected chi connectivity index (χ1v) is 10.4. The number of primary amides is 1. The second-order valence-corrected chi connectivity index (χ2v) is 8.77. The van der Waals surface area contributed by atoms with Gasteiger partial charge in [-0.3, -0.25) is 14.4 Å². The molecule has 0 aromatic carbocycles. The van der Waals surface area contributed by atoms with E-state index in [4.69, 9.17) is 5.73 Å². The Balaban J connectivity index is 2.41. The number of carbonyl (C=O) groups excluding carboxylic acids is 3. The number of Topliss-reactive ketones (excluding diaryl/α,β-unsaturated/α-hetero) is 1. The highest BCUT2D eigenvalue weighted by atomic mass is 32.2. The molecular formula is C18H25N4O5S. The summed E-state index contributed by atoms with van der Waals surface area (Å²) in [7, 11) is -4.36. The summed E-state index contributed by atoms with van der Waals surface area (Å²) < 4.78 is 27.0. The van der Waals surface area contributed by atoms with E-state index < -0.39 is 39.6 Å². The number of nitrogens with one attached hydrogen (secondary N) is 1. The average molecular weight is 409 g/mol. The van der Waals surface area contributed by atoms with Crippen molar-refractivity contribution in [3.05, 3.63) is 30.8 Å². The molecule has 0 bridgehead atoms. The molecule has 1 aromatic heterocycles. The Bertz CT molecular complexity index is 828. The van der Waals surface area contributed by atoms with Gasteiger partial charge in [-0.2, -0.15) is 8.42 Å². The van der Waals surface area contributed by atoms with Crippen molar-refractivity contribution in [2.75, 3.05) is 13.1 Å². The lowest BCUT2D eigenvalue weighted by Gasteiger charge is -2.30. The van der Waals surface area contributed by atoms with Crippen LogP contribution in [0.4, 0.5) is 0 Å². The van der Waals surface area contributed by atoms with Crippen LogP contribution >= 0.6 is 0 Å². The molecule has 0 unspecified atom stereocenters. The molecule has 3 atom stereocenters. The summed E-state index contributed by atoms with van der Waals surface area (Å²) in [6.07, 6.45) is 2.56. The number of sulfonamides is 1. The van der Waals surface area contributed by atoms with Gasteiger partial charge in [0.25, 0.3) is 10.0 Å². The van der Waals surface area contributed by atoms with E-state index >= 15 is 0 Å². The first-order valence-electron chi connectivity index (χ1n) is 9.00. The highest BCUT2D eigenvalue weighted by molar-refractivity contribution is 7.89. The highest BCUT2D eigenvalue weighted by Gasteiger charge is 2.41. The predicted molar refractivity (Wildman–Crippen MR) is 101 cm³/mol. The van der Waals surface area contributed by atoms with Crippen molar-refractivity contribution in [2.24, 2.45) is 17.6 Å². The topological polar surface area (TPSA) is 140 Å². The molecule has 28 heavy (non-hydrogen) atoms. The number of aromatic nitrogens is 1. The van der Waals surface area contributed by atoms with Crippen LogP contribution in [0.25, 0.3) is 0 Å². The molecule has 2 amide bonds. The largest absolute Gasteiger partial charge is 0.369 e. The van der Waals surface area contributed by atoms with E-state index in [1.54, 1.807) is 6.07 Å². The van der Waals surface area contributed by atoms with Gasteiger partial charge in [0.2, 0.25) is 11.8 Å². The van der Waals surface area contributed by atoms with Crippen molar-refractivity contribution < 1.29 is 22.8 Å². The molecule has 9 nitrogen and oxygen atoms in total. The van der Waals surface area contributed by atoms with Gasteiger partial charge in [0.05, 0.1) is 13.0 Å². The number of ketones is 1. The Morgan fingerprint density at radius 3 is 2.75 bits per heavy atom. The van der Waals surface area contributed by atoms with Crippen molar-refractivity contribution >= 4 is 27.6 Å². The van der Waals surface area contributed by atoms with Crippen LogP contribution in [0.2, 0.25) is 0 Å². The molecule has 0 saturated carbocycles. The molecule has 1 aliphatic rings. The van der Waals surface area contributed by atoms with Crippen LogP contribution in [0.5, 0.6) is 0 Å². The number of hydrogen-bond donors (Lipinski definition) is 2. The van der Waals surface area contributed by atoms with Gasteiger partial charge in [-0.1, -0.05) is 19.9 Å². The molecule has 10 heteroatoms. The summed E-state index contributed by atoms with van der Waals surface area (Å²) in [6.45, 7) is 3.91. The van der Waals surface area contributed by atoms with Gasteiger partial charge in [-0.05, 0) is 37.4 Å². The molecule has 1 fully saturated rings. The van der Waals surface area contributed by atoms with E-state index in [2.05, 4.69) is 10.3 Å². The Morgan fingerprint density at radius 2 is 2.14 bits per heavy atom. The van der Waals surface area contributed by atoms with Gasteiger partial charge < -0.3 is 11.1 Å². The number of carbonyl (C=O) groups is 3. The molecule has 153 valence electrons. The Hall–Kier alpha value is -2.33. The summed E-state index contributed by atoms with van der Waals surface area (Å²) in [4.78, 5) is 40.6. The molecule has 1 aliphatic heterocycles. The van der Waals surface area contributed by atoms with Crippen LogP contribution in [0.3, 0.4) is 0 Å². The number of nitrogens with zero attached hydrogens (tertiary/aromatic N) is 2. The van der Waals surface area contributed by atoms with Crippen LogP contribution in [-0.4, -0.2) is 54.4 Å². The second kappa shape index (κ2) is 9.24. The minimum Gasteiger partial charge on any atom is -0.369 e. The fourth-order valence-corrected chi connectivity index (χ4v) is 4.40. The number of amides is 2. The van der Waals surface area contributed by atoms with E-state index in [9.17, 15) is 22.8 Å². The van der Waals surface area contributed by atoms with E-state index in [0.29, 0.717) is 10.8 Å². The smallest absolute Gasteiger partial charge is 0.284 e. The molecule has 0 spiro atoms. The number of pyridine rings is 1. The summed E-state index contributed by atoms with van der Waals surface area (Å²) >= 11 is 0. The standard InChI is InChI=1S/C18H25N4O5S/c1-12-9-14(15(23)11-20-10-12)22(17(24)7-6-13(2)18(19)25)28(26,27)16-5-3-4-8-21-16/h3-5,7-8,12-14,20H,6,9-11H2,1-2H3,(H2,19,25)/t12-,13-,14-/m0/s1. The van der Waals surface area contributed by atoms with Crippen LogP contribution in [0.1, 0.15) is 26.7 Å². The first kappa shape index (κ1) is 22.0. The van der Waals surface area contributed by atoms with Gasteiger partial charge in [0.15, 0.2) is 10.8 Å². The maximum Gasteiger partial charge on any atom is 0.284 e. The van der Waals surface area contributed by atoms with E-state index in [-0.39, 0.29) is 30.3 Å². The van der Waals surface area contributed by atoms with Crippen molar-refractivity contribution in [3.63, 3.8) is 0 Å². The minimum atomic E-state index is -4.36. The van der Waals surface area contributed by atoms with E-state index in [1.165, 1.54) is 25.3 Å². The Morgan fingerprint density at radius 1 is 1.43 bits per heavy atom. The normalized spacial score (nSPS) is 21.6. The van der Waals surface area contributed by atoms with Crippen LogP contribution in [0.15, 0.2) is 29.4 Å². The van der Waals surface area contributed by atoms with Gasteiger partial charge in [-0.15, -0.1) is 0 Å². The molecule has 2 heterocycles. The third-order valence-corrected chi connectivity index (χ3v) is 6.30. The fraction of sp³-hybridized carbons (Fsp3) is 0.500. The van der Waals surface area contributed by atoms with Gasteiger partial charge in [-0.25, -0.2) is 9.29 Å². The van der Waals surface area contributed by atoms with Crippen LogP contribution < -0.4 is 11.1 Å². The molecular weight excluding hydrogens is 384 g/mol. The van der Waals surface area contributed by atoms with Gasteiger partial charge >= 0.3 is 0 Å². The summed E-state index contributed by atoms with van der Waals surface area (Å²) in [5.41, 5.74) is 5.20. The van der Waals surface area contributed by atoms with Crippen LogP contribution in [0, 0.1) is 18.3 Å². The van der Waals surface area contributed by atoms with Crippen molar-refractivity contribution in [1.29, 1.82) is 0 Å². The van der Waals surface area contributed by atoms with Crippen LogP contribution in [-0.2, 0) is 24.4 Å². The lowest BCUT2D eigenvalue weighted by Crippen LogP contribution is -2.50. The average Bonchev–Trinajstić information content (AvgIpc) is 2.81. The zero-order valence-electron chi connectivity index (χ0n) is 15.9. The number of nitrogens with two attached hydrogens (primary N) is 1. The SMILES string of the molecule is C[C@@H]1CNCC(=O)[C@@H](N(C(=O)[CH]C[C@H](C)C(N)=O)S(=O)(=O)c2ccccn2)C1. The monoisotopic (exact) mass is 409 g/mol. The number of rotatable bonds is 7. The molecule has 3 N–H and O–H groups in total. The number of hydrogen-bond acceptors (Lipinski definition) is 7. The maximum absolute atomic E-state index is 13.2. The summed E-state index contributed by atoms with van der Waals surface area (Å²) in [5, 5.41) is 2.64. The summed E-state index contributed by atoms with van der Waals surface area (Å²) in [5.74, 6) is -2.53. The third-order valence-electron chi connectivity index (χ3n) is 4.58. The molecule has 1 aromatic rings. The van der Waals surface area contributed by atoms with Crippen molar-refractivity contribution in [2.45, 2.75) is 37.8 Å². The first-order chi connectivity index (χ1) is 13.1. The minimum absolute atomic E-state index is 0.0183. The lowest BCUT2D eigenvalue weighted by molar-refractivity contribution is -0.131. The second-order valence-electron chi connectivity index (χ2n) is 7.00. The molecule has 1 radical (unpaired) electrons. The fourth-order valence-electron chi connectivity index (χ4n) is 2.91. The zero-order valence-corrected chi connectivity index (χ0v) is 16.7. The Labute approximate surface area is 164 Å². The molecule has 1 saturated heterocycles. The van der Waals surface area contributed by atoms with Gasteiger partial charge in [0, 0.05) is 12.1 Å². The quantitative estimate of drug-likeness (QED) is 0.640. The van der Waals surface area contributed by atoms with Gasteiger partial charge in [0.1, 0.15) is 6.04 Å². The zero-order chi connectivity index (χ0) is 20.9. The lowest BCUT2D eigenvalue weighted by atomic mass is 10.00.